The fraction of sp³-hybridized carbons (Fsp3) is 0.600. The molecule has 1 fully saturated rings. The first-order valence-corrected chi connectivity index (χ1v) is 8.27. The number of hydrogen-bond donors (Lipinski definition) is 2. The van der Waals surface area contributed by atoms with Crippen LogP contribution in [0.4, 0.5) is 8.78 Å². The molecule has 10 heteroatoms. The maximum Gasteiger partial charge on any atom is 0.327 e. The Balaban J connectivity index is 2.01. The number of carboxylic acid groups (broad SMARTS) is 1. The van der Waals surface area contributed by atoms with Crippen molar-refractivity contribution < 1.29 is 27.1 Å². The van der Waals surface area contributed by atoms with Gasteiger partial charge in [-0.05, 0) is 5.92 Å². The fourth-order valence-corrected chi connectivity index (χ4v) is 4.16. The molecule has 0 aliphatic heterocycles. The van der Waals surface area contributed by atoms with Crippen LogP contribution in [-0.2, 0) is 14.8 Å². The van der Waals surface area contributed by atoms with Gasteiger partial charge in [0.2, 0.25) is 15.9 Å². The zero-order chi connectivity index (χ0) is 15.0. The molecule has 1 atom stereocenters. The largest absolute Gasteiger partial charge is 0.480 e. The summed E-state index contributed by atoms with van der Waals surface area (Å²) in [5.41, 5.74) is 1.46. The highest BCUT2D eigenvalue weighted by Gasteiger charge is 2.47. The number of sulfonamides is 1. The van der Waals surface area contributed by atoms with Gasteiger partial charge in [0.15, 0.2) is 6.04 Å². The molecule has 1 heterocycles. The van der Waals surface area contributed by atoms with E-state index in [9.17, 15) is 22.0 Å². The Morgan fingerprint density at radius 1 is 1.60 bits per heavy atom. The van der Waals surface area contributed by atoms with Crippen molar-refractivity contribution in [3.63, 3.8) is 0 Å². The molecule has 1 aliphatic rings. The second kappa shape index (κ2) is 5.34. The molecule has 20 heavy (non-hydrogen) atoms. The summed E-state index contributed by atoms with van der Waals surface area (Å²) < 4.78 is 50.9. The monoisotopic (exact) mass is 326 g/mol. The van der Waals surface area contributed by atoms with Crippen molar-refractivity contribution in [2.45, 2.75) is 24.8 Å². The molecule has 1 unspecified atom stereocenters. The maximum atomic E-state index is 12.7. The van der Waals surface area contributed by atoms with E-state index in [-0.39, 0.29) is 5.69 Å². The van der Waals surface area contributed by atoms with Crippen molar-refractivity contribution in [3.05, 3.63) is 16.6 Å². The van der Waals surface area contributed by atoms with Crippen LogP contribution in [-0.4, -0.2) is 36.2 Å². The molecular weight excluding hydrogens is 314 g/mol. The lowest BCUT2D eigenvalue weighted by molar-refractivity contribution is -0.139. The Labute approximate surface area is 117 Å². The first kappa shape index (κ1) is 15.3. The maximum absolute atomic E-state index is 12.7. The van der Waals surface area contributed by atoms with Crippen LogP contribution in [0.15, 0.2) is 10.9 Å². The zero-order valence-electron chi connectivity index (χ0n) is 10.1. The summed E-state index contributed by atoms with van der Waals surface area (Å²) in [6.45, 7) is 0. The lowest BCUT2D eigenvalue weighted by atomic mass is 9.83. The molecular formula is C10H12F2N2O4S2. The Bertz CT molecular complexity index is 580. The Morgan fingerprint density at radius 3 is 2.70 bits per heavy atom. The number of thiazole rings is 1. The molecule has 1 aliphatic carbocycles. The molecule has 0 saturated heterocycles. The number of rotatable bonds is 6. The molecule has 2 N–H and O–H groups in total. The van der Waals surface area contributed by atoms with Gasteiger partial charge in [0.05, 0.1) is 17.0 Å². The summed E-state index contributed by atoms with van der Waals surface area (Å²) in [4.78, 5) is 14.8. The molecule has 1 aromatic rings. The minimum absolute atomic E-state index is 0.0741. The third-order valence-electron chi connectivity index (χ3n) is 2.92. The summed E-state index contributed by atoms with van der Waals surface area (Å²) in [5.74, 6) is -5.34. The first-order valence-electron chi connectivity index (χ1n) is 5.67. The summed E-state index contributed by atoms with van der Waals surface area (Å²) >= 11 is 1.13. The van der Waals surface area contributed by atoms with Crippen LogP contribution in [0.25, 0.3) is 0 Å². The van der Waals surface area contributed by atoms with Crippen molar-refractivity contribution in [1.29, 1.82) is 0 Å². The number of hydrogen-bond acceptors (Lipinski definition) is 5. The summed E-state index contributed by atoms with van der Waals surface area (Å²) in [6.07, 6.45) is -0.968. The second-order valence-electron chi connectivity index (χ2n) is 4.71. The Hall–Kier alpha value is -1.13. The number of alkyl halides is 2. The molecule has 6 nitrogen and oxygen atoms in total. The van der Waals surface area contributed by atoms with E-state index in [1.54, 1.807) is 0 Å². The number of halogens is 2. The number of aliphatic carboxylic acids is 1. The van der Waals surface area contributed by atoms with E-state index in [1.165, 1.54) is 10.9 Å². The number of carbonyl (C=O) groups is 1. The molecule has 0 radical (unpaired) electrons. The molecule has 1 aromatic heterocycles. The van der Waals surface area contributed by atoms with Gasteiger partial charge in [0.25, 0.3) is 0 Å². The Kier molecular flexibility index (Phi) is 4.07. The minimum atomic E-state index is -3.96. The average molecular weight is 326 g/mol. The van der Waals surface area contributed by atoms with Crippen molar-refractivity contribution in [1.82, 2.24) is 9.71 Å². The summed E-state index contributed by atoms with van der Waals surface area (Å²) in [5, 5.41) is 10.4. The molecule has 0 bridgehead atoms. The normalized spacial score (nSPS) is 20.3. The van der Waals surface area contributed by atoms with Crippen molar-refractivity contribution in [3.8, 4) is 0 Å². The average Bonchev–Trinajstić information content (AvgIpc) is 2.75. The second-order valence-corrected chi connectivity index (χ2v) is 7.23. The molecule has 0 amide bonds. The lowest BCUT2D eigenvalue weighted by Crippen LogP contribution is -2.43. The number of carboxylic acids is 1. The van der Waals surface area contributed by atoms with Crippen LogP contribution in [0.3, 0.4) is 0 Å². The van der Waals surface area contributed by atoms with Crippen LogP contribution < -0.4 is 4.72 Å². The van der Waals surface area contributed by atoms with Crippen LogP contribution in [0, 0.1) is 5.92 Å². The van der Waals surface area contributed by atoms with Gasteiger partial charge in [0, 0.05) is 18.2 Å². The number of nitrogens with one attached hydrogen (secondary N) is 1. The highest BCUT2D eigenvalue weighted by Crippen LogP contribution is 2.42. The van der Waals surface area contributed by atoms with E-state index in [2.05, 4.69) is 4.98 Å². The predicted molar refractivity (Wildman–Crippen MR) is 67.1 cm³/mol. The van der Waals surface area contributed by atoms with Gasteiger partial charge < -0.3 is 5.11 Å². The Morgan fingerprint density at radius 2 is 2.25 bits per heavy atom. The van der Waals surface area contributed by atoms with E-state index in [1.807, 2.05) is 4.72 Å². The SMILES string of the molecule is O=C(O)C(NS(=O)(=O)CC1CC(F)(F)C1)c1cscn1. The van der Waals surface area contributed by atoms with Crippen molar-refractivity contribution >= 4 is 27.3 Å². The fourth-order valence-electron chi connectivity index (χ4n) is 2.04. The van der Waals surface area contributed by atoms with Gasteiger partial charge in [-0.15, -0.1) is 11.3 Å². The standard InChI is InChI=1S/C10H12F2N2O4S2/c11-10(12)1-6(2-10)4-20(17,18)14-8(9(15)16)7-3-19-5-13-7/h3,5-6,8,14H,1-2,4H2,(H,15,16). The van der Waals surface area contributed by atoms with Crippen LogP contribution in [0.2, 0.25) is 0 Å². The van der Waals surface area contributed by atoms with E-state index in [0.29, 0.717) is 0 Å². The van der Waals surface area contributed by atoms with Crippen LogP contribution >= 0.6 is 11.3 Å². The molecule has 0 spiro atoms. The van der Waals surface area contributed by atoms with E-state index < -0.39 is 52.5 Å². The quantitative estimate of drug-likeness (QED) is 0.820. The summed E-state index contributed by atoms with van der Waals surface area (Å²) in [7, 11) is -3.96. The lowest BCUT2D eigenvalue weighted by Gasteiger charge is -2.34. The van der Waals surface area contributed by atoms with Gasteiger partial charge in [-0.3, -0.25) is 4.79 Å². The van der Waals surface area contributed by atoms with Crippen molar-refractivity contribution in [2.24, 2.45) is 5.92 Å². The number of nitrogens with zero attached hydrogens (tertiary/aromatic N) is 1. The molecule has 0 aromatic carbocycles. The van der Waals surface area contributed by atoms with E-state index >= 15 is 0 Å². The minimum Gasteiger partial charge on any atom is -0.480 e. The molecule has 1 saturated carbocycles. The first-order chi connectivity index (χ1) is 9.19. The third kappa shape index (κ3) is 3.70. The van der Waals surface area contributed by atoms with Gasteiger partial charge in [-0.25, -0.2) is 22.2 Å². The van der Waals surface area contributed by atoms with Crippen molar-refractivity contribution in [2.75, 3.05) is 5.75 Å². The molecule has 2 rings (SSSR count). The van der Waals surface area contributed by atoms with E-state index in [4.69, 9.17) is 5.11 Å². The zero-order valence-corrected chi connectivity index (χ0v) is 11.8. The third-order valence-corrected chi connectivity index (χ3v) is 5.03. The topological polar surface area (TPSA) is 96.4 Å². The van der Waals surface area contributed by atoms with Crippen LogP contribution in [0.1, 0.15) is 24.6 Å². The van der Waals surface area contributed by atoms with Gasteiger partial charge >= 0.3 is 5.97 Å². The predicted octanol–water partition coefficient (Wildman–Crippen LogP) is 1.23. The summed E-state index contributed by atoms with van der Waals surface area (Å²) in [6, 6.07) is -1.49. The number of aromatic nitrogens is 1. The van der Waals surface area contributed by atoms with Gasteiger partial charge in [-0.2, -0.15) is 4.72 Å². The highest BCUT2D eigenvalue weighted by atomic mass is 32.2. The van der Waals surface area contributed by atoms with Gasteiger partial charge in [0.1, 0.15) is 0 Å². The van der Waals surface area contributed by atoms with Crippen LogP contribution in [0.5, 0.6) is 0 Å². The smallest absolute Gasteiger partial charge is 0.327 e. The molecule has 112 valence electrons. The van der Waals surface area contributed by atoms with E-state index in [0.717, 1.165) is 11.3 Å². The van der Waals surface area contributed by atoms with Gasteiger partial charge in [-0.1, -0.05) is 0 Å². The highest BCUT2D eigenvalue weighted by molar-refractivity contribution is 7.89.